The largest absolute Gasteiger partial charge is 0.496 e. The first-order valence-corrected chi connectivity index (χ1v) is 6.55. The first-order chi connectivity index (χ1) is 8.78. The molecule has 0 radical (unpaired) electrons. The average molecular weight is 246 g/mol. The van der Waals surface area contributed by atoms with Gasteiger partial charge >= 0.3 is 0 Å². The van der Waals surface area contributed by atoms with Crippen LogP contribution < -0.4 is 4.74 Å². The molecule has 0 aliphatic rings. The van der Waals surface area contributed by atoms with Crippen LogP contribution in [0.4, 0.5) is 0 Å². The van der Waals surface area contributed by atoms with Crippen LogP contribution in [0.1, 0.15) is 38.3 Å². The Kier molecular flexibility index (Phi) is 6.24. The molecular weight excluding hydrogens is 224 g/mol. The van der Waals surface area contributed by atoms with E-state index in [1.54, 1.807) is 7.11 Å². The van der Waals surface area contributed by atoms with Crippen LogP contribution in [0.3, 0.4) is 0 Å². The molecule has 0 amide bonds. The monoisotopic (exact) mass is 246 g/mol. The maximum Gasteiger partial charge on any atom is 0.127 e. The standard InChI is InChI=1S/C15H22N2O/c1-4-10-17(11-5-2)14(12-16)13-8-6-7-9-15(13)18-3/h6-9,14H,4-5,10-11H2,1-3H3. The van der Waals surface area contributed by atoms with Crippen LogP contribution in [-0.2, 0) is 0 Å². The van der Waals surface area contributed by atoms with Crippen LogP contribution in [0.25, 0.3) is 0 Å². The van der Waals surface area contributed by atoms with Crippen molar-refractivity contribution in [3.8, 4) is 11.8 Å². The van der Waals surface area contributed by atoms with Gasteiger partial charge in [0.25, 0.3) is 0 Å². The van der Waals surface area contributed by atoms with E-state index in [9.17, 15) is 5.26 Å². The Morgan fingerprint density at radius 2 is 1.83 bits per heavy atom. The minimum Gasteiger partial charge on any atom is -0.496 e. The Labute approximate surface area is 110 Å². The summed E-state index contributed by atoms with van der Waals surface area (Å²) in [5.74, 6) is 0.793. The fourth-order valence-electron chi connectivity index (χ4n) is 2.18. The molecule has 1 aromatic rings. The number of nitrogens with zero attached hydrogens (tertiary/aromatic N) is 2. The lowest BCUT2D eigenvalue weighted by Gasteiger charge is -2.27. The first kappa shape index (κ1) is 14.5. The van der Waals surface area contributed by atoms with Gasteiger partial charge in [0.2, 0.25) is 0 Å². The fourth-order valence-corrected chi connectivity index (χ4v) is 2.18. The highest BCUT2D eigenvalue weighted by Gasteiger charge is 2.21. The molecule has 0 aromatic heterocycles. The van der Waals surface area contributed by atoms with Gasteiger partial charge in [0.1, 0.15) is 11.8 Å². The van der Waals surface area contributed by atoms with Crippen molar-refractivity contribution in [3.05, 3.63) is 29.8 Å². The van der Waals surface area contributed by atoms with E-state index in [1.165, 1.54) is 0 Å². The van der Waals surface area contributed by atoms with Gasteiger partial charge in [-0.1, -0.05) is 32.0 Å². The number of rotatable bonds is 7. The highest BCUT2D eigenvalue weighted by atomic mass is 16.5. The second-order valence-electron chi connectivity index (χ2n) is 4.31. The molecule has 1 atom stereocenters. The van der Waals surface area contributed by atoms with Gasteiger partial charge in [-0.05, 0) is 32.0 Å². The predicted molar refractivity (Wildman–Crippen MR) is 73.5 cm³/mol. The Bertz CT molecular complexity index is 392. The van der Waals surface area contributed by atoms with Crippen LogP contribution >= 0.6 is 0 Å². The maximum atomic E-state index is 9.48. The van der Waals surface area contributed by atoms with Crippen molar-refractivity contribution in [2.24, 2.45) is 0 Å². The smallest absolute Gasteiger partial charge is 0.127 e. The molecule has 0 bridgehead atoms. The van der Waals surface area contributed by atoms with Crippen molar-refractivity contribution in [2.75, 3.05) is 20.2 Å². The zero-order chi connectivity index (χ0) is 13.4. The van der Waals surface area contributed by atoms with E-state index in [1.807, 2.05) is 24.3 Å². The molecule has 0 fully saturated rings. The number of benzene rings is 1. The zero-order valence-electron chi connectivity index (χ0n) is 11.5. The van der Waals surface area contributed by atoms with E-state index in [4.69, 9.17) is 4.74 Å². The molecular formula is C15H22N2O. The molecule has 0 saturated carbocycles. The van der Waals surface area contributed by atoms with Gasteiger partial charge in [-0.2, -0.15) is 5.26 Å². The van der Waals surface area contributed by atoms with E-state index in [-0.39, 0.29) is 6.04 Å². The quantitative estimate of drug-likeness (QED) is 0.740. The van der Waals surface area contributed by atoms with Gasteiger partial charge in [-0.15, -0.1) is 0 Å². The molecule has 0 spiro atoms. The summed E-state index contributed by atoms with van der Waals surface area (Å²) < 4.78 is 5.36. The lowest BCUT2D eigenvalue weighted by molar-refractivity contribution is 0.232. The molecule has 3 nitrogen and oxygen atoms in total. The van der Waals surface area contributed by atoms with E-state index < -0.39 is 0 Å². The third-order valence-electron chi connectivity index (χ3n) is 2.94. The predicted octanol–water partition coefficient (Wildman–Crippen LogP) is 3.38. The van der Waals surface area contributed by atoms with E-state index in [0.29, 0.717) is 0 Å². The molecule has 18 heavy (non-hydrogen) atoms. The zero-order valence-corrected chi connectivity index (χ0v) is 11.5. The van der Waals surface area contributed by atoms with Crippen LogP contribution in [0.5, 0.6) is 5.75 Å². The fraction of sp³-hybridized carbons (Fsp3) is 0.533. The molecule has 3 heteroatoms. The molecule has 0 aliphatic carbocycles. The minimum atomic E-state index is -0.221. The van der Waals surface area contributed by atoms with Crippen molar-refractivity contribution in [1.82, 2.24) is 4.90 Å². The van der Waals surface area contributed by atoms with Crippen molar-refractivity contribution >= 4 is 0 Å². The van der Waals surface area contributed by atoms with E-state index in [0.717, 1.165) is 37.2 Å². The van der Waals surface area contributed by atoms with Gasteiger partial charge in [0, 0.05) is 5.56 Å². The number of hydrogen-bond donors (Lipinski definition) is 0. The Balaban J connectivity index is 3.03. The topological polar surface area (TPSA) is 36.3 Å². The second kappa shape index (κ2) is 7.73. The van der Waals surface area contributed by atoms with Gasteiger partial charge in [0.15, 0.2) is 0 Å². The number of methoxy groups -OCH3 is 1. The first-order valence-electron chi connectivity index (χ1n) is 6.55. The summed E-state index contributed by atoms with van der Waals surface area (Å²) in [5, 5.41) is 9.48. The number of hydrogen-bond acceptors (Lipinski definition) is 3. The number of nitriles is 1. The summed E-state index contributed by atoms with van der Waals surface area (Å²) in [7, 11) is 1.65. The molecule has 0 aliphatic heterocycles. The number of para-hydroxylation sites is 1. The molecule has 1 unspecified atom stereocenters. The summed E-state index contributed by atoms with van der Waals surface area (Å²) in [5.41, 5.74) is 0.962. The van der Waals surface area contributed by atoms with E-state index >= 15 is 0 Å². The molecule has 98 valence electrons. The molecule has 1 rings (SSSR count). The third-order valence-corrected chi connectivity index (χ3v) is 2.94. The highest BCUT2D eigenvalue weighted by molar-refractivity contribution is 5.38. The minimum absolute atomic E-state index is 0.221. The molecule has 0 N–H and O–H groups in total. The van der Waals surface area contributed by atoms with Crippen molar-refractivity contribution in [3.63, 3.8) is 0 Å². The lowest BCUT2D eigenvalue weighted by Crippen LogP contribution is -2.29. The van der Waals surface area contributed by atoms with Crippen LogP contribution in [0.2, 0.25) is 0 Å². The Morgan fingerprint density at radius 3 is 2.33 bits per heavy atom. The summed E-state index contributed by atoms with van der Waals surface area (Å²) in [4.78, 5) is 2.22. The van der Waals surface area contributed by atoms with Crippen molar-refractivity contribution in [1.29, 1.82) is 5.26 Å². The molecule has 0 saturated heterocycles. The lowest BCUT2D eigenvalue weighted by atomic mass is 10.0. The van der Waals surface area contributed by atoms with Crippen molar-refractivity contribution < 1.29 is 4.74 Å². The van der Waals surface area contributed by atoms with Crippen LogP contribution in [-0.4, -0.2) is 25.1 Å². The second-order valence-corrected chi connectivity index (χ2v) is 4.31. The average Bonchev–Trinajstić information content (AvgIpc) is 2.40. The normalized spacial score (nSPS) is 12.2. The highest BCUT2D eigenvalue weighted by Crippen LogP contribution is 2.29. The van der Waals surface area contributed by atoms with Crippen LogP contribution in [0, 0.1) is 11.3 Å². The Hall–Kier alpha value is -1.53. The third kappa shape index (κ3) is 3.48. The summed E-state index contributed by atoms with van der Waals surface area (Å²) in [6, 6.07) is 9.97. The van der Waals surface area contributed by atoms with Crippen LogP contribution in [0.15, 0.2) is 24.3 Å². The number of ether oxygens (including phenoxy) is 1. The maximum absolute atomic E-state index is 9.48. The summed E-state index contributed by atoms with van der Waals surface area (Å²) in [6.07, 6.45) is 2.10. The van der Waals surface area contributed by atoms with Gasteiger partial charge in [-0.25, -0.2) is 0 Å². The SMILES string of the molecule is CCCN(CCC)C(C#N)c1ccccc1OC. The van der Waals surface area contributed by atoms with Gasteiger partial charge < -0.3 is 4.74 Å². The Morgan fingerprint density at radius 1 is 1.22 bits per heavy atom. The van der Waals surface area contributed by atoms with Crippen molar-refractivity contribution in [2.45, 2.75) is 32.7 Å². The summed E-state index contributed by atoms with van der Waals surface area (Å²) in [6.45, 7) is 6.15. The molecule has 1 aromatic carbocycles. The van der Waals surface area contributed by atoms with Gasteiger partial charge in [-0.3, -0.25) is 4.90 Å². The molecule has 0 heterocycles. The van der Waals surface area contributed by atoms with E-state index in [2.05, 4.69) is 24.8 Å². The summed E-state index contributed by atoms with van der Waals surface area (Å²) >= 11 is 0. The van der Waals surface area contributed by atoms with Gasteiger partial charge in [0.05, 0.1) is 13.2 Å².